The van der Waals surface area contributed by atoms with Crippen LogP contribution in [0.1, 0.15) is 82.7 Å². The van der Waals surface area contributed by atoms with Gasteiger partial charge < -0.3 is 24.9 Å². The number of nitrogens with zero attached hydrogens (tertiary/aromatic N) is 2. The standard InChI is InChI=1S/C32H36N2O5.C4H11N/c1-6-7-8-9-28(35)34-18-16-22-12-15-25(20-26(22)29(34)31(36)37)38-19-17-27-21(2)39-30(33-27)23-10-13-24(14-11-23)32(3,4)5;1-4(2,3)5/h6-15,20,29H,16-19H2,1-5H3,(H,36,37);5H2,1-3H3. The molecule has 3 N–H and O–H groups in total. The largest absolute Gasteiger partial charge is 0.493 e. The lowest BCUT2D eigenvalue weighted by Crippen LogP contribution is -2.42. The molecule has 2 heterocycles. The van der Waals surface area contributed by atoms with Gasteiger partial charge in [-0.15, -0.1) is 0 Å². The number of fused-ring (bicyclic) bond motifs is 1. The highest BCUT2D eigenvalue weighted by molar-refractivity contribution is 5.92. The number of allylic oxidation sites excluding steroid dienone is 3. The van der Waals surface area contributed by atoms with Crippen molar-refractivity contribution < 1.29 is 23.8 Å². The van der Waals surface area contributed by atoms with Crippen LogP contribution in [0.5, 0.6) is 5.75 Å². The molecule has 0 spiro atoms. The van der Waals surface area contributed by atoms with Crippen molar-refractivity contribution in [1.29, 1.82) is 0 Å². The Morgan fingerprint density at radius 2 is 1.75 bits per heavy atom. The molecule has 0 fully saturated rings. The van der Waals surface area contributed by atoms with E-state index in [2.05, 4.69) is 37.9 Å². The van der Waals surface area contributed by atoms with Crippen molar-refractivity contribution in [3.63, 3.8) is 0 Å². The topological polar surface area (TPSA) is 119 Å². The minimum atomic E-state index is -1.07. The maximum atomic E-state index is 12.7. The second-order valence-corrected chi connectivity index (χ2v) is 13.1. The number of carboxylic acids is 1. The predicted molar refractivity (Wildman–Crippen MR) is 175 cm³/mol. The number of nitrogens with two attached hydrogens (primary N) is 1. The van der Waals surface area contributed by atoms with Gasteiger partial charge in [-0.2, -0.15) is 0 Å². The number of carbonyl (C=O) groups excluding carboxylic acids is 1. The number of carboxylic acid groups (broad SMARTS) is 1. The first-order valence-corrected chi connectivity index (χ1v) is 15.0. The second kappa shape index (κ2) is 14.5. The van der Waals surface area contributed by atoms with Crippen LogP contribution in [0.3, 0.4) is 0 Å². The number of aryl methyl sites for hydroxylation is 1. The summed E-state index contributed by atoms with van der Waals surface area (Å²) in [7, 11) is 0. The fourth-order valence-corrected chi connectivity index (χ4v) is 4.69. The lowest BCUT2D eigenvalue weighted by Gasteiger charge is -2.34. The monoisotopic (exact) mass is 601 g/mol. The molecule has 44 heavy (non-hydrogen) atoms. The molecule has 1 aromatic heterocycles. The lowest BCUT2D eigenvalue weighted by atomic mass is 9.87. The summed E-state index contributed by atoms with van der Waals surface area (Å²) in [5.74, 6) is 0.474. The van der Waals surface area contributed by atoms with Gasteiger partial charge in [-0.1, -0.05) is 57.2 Å². The second-order valence-electron chi connectivity index (χ2n) is 13.1. The molecule has 2 aromatic carbocycles. The Kier molecular flexibility index (Phi) is 11.3. The van der Waals surface area contributed by atoms with E-state index in [1.807, 2.05) is 58.9 Å². The molecule has 0 radical (unpaired) electrons. The summed E-state index contributed by atoms with van der Waals surface area (Å²) in [6.07, 6.45) is 7.68. The molecule has 1 amide bonds. The van der Waals surface area contributed by atoms with Crippen LogP contribution < -0.4 is 10.5 Å². The third-order valence-corrected chi connectivity index (χ3v) is 6.90. The van der Waals surface area contributed by atoms with Crippen molar-refractivity contribution >= 4 is 11.9 Å². The van der Waals surface area contributed by atoms with Crippen LogP contribution in [-0.2, 0) is 27.8 Å². The molecule has 3 aromatic rings. The van der Waals surface area contributed by atoms with Crippen LogP contribution in [0.15, 0.2) is 71.2 Å². The first-order chi connectivity index (χ1) is 20.6. The molecular formula is C36H47N3O5. The predicted octanol–water partition coefficient (Wildman–Crippen LogP) is 6.96. The zero-order valence-electron chi connectivity index (χ0n) is 27.3. The third-order valence-electron chi connectivity index (χ3n) is 6.90. The Labute approximate surface area is 261 Å². The Morgan fingerprint density at radius 3 is 2.34 bits per heavy atom. The van der Waals surface area contributed by atoms with Crippen molar-refractivity contribution in [3.05, 3.63) is 94.9 Å². The van der Waals surface area contributed by atoms with E-state index in [1.54, 1.807) is 24.3 Å². The van der Waals surface area contributed by atoms with E-state index in [0.717, 1.165) is 22.6 Å². The average Bonchev–Trinajstić information content (AvgIpc) is 3.31. The normalized spacial score (nSPS) is 15.2. The van der Waals surface area contributed by atoms with Gasteiger partial charge in [-0.25, -0.2) is 9.78 Å². The van der Waals surface area contributed by atoms with Crippen molar-refractivity contribution in [2.45, 2.75) is 85.2 Å². The van der Waals surface area contributed by atoms with E-state index in [4.69, 9.17) is 14.9 Å². The van der Waals surface area contributed by atoms with Crippen molar-refractivity contribution in [2.24, 2.45) is 5.73 Å². The molecule has 1 aliphatic heterocycles. The van der Waals surface area contributed by atoms with Crippen molar-refractivity contribution in [1.82, 2.24) is 9.88 Å². The lowest BCUT2D eigenvalue weighted by molar-refractivity contribution is -0.149. The number of ether oxygens (including phenoxy) is 1. The number of carbonyl (C=O) groups is 2. The zero-order valence-corrected chi connectivity index (χ0v) is 27.3. The van der Waals surface area contributed by atoms with Gasteiger partial charge in [0.2, 0.25) is 11.8 Å². The summed E-state index contributed by atoms with van der Waals surface area (Å²) in [5, 5.41) is 9.98. The number of aliphatic carboxylic acids is 1. The minimum Gasteiger partial charge on any atom is -0.493 e. The summed E-state index contributed by atoms with van der Waals surface area (Å²) in [6, 6.07) is 12.7. The van der Waals surface area contributed by atoms with Crippen LogP contribution in [0.2, 0.25) is 0 Å². The van der Waals surface area contributed by atoms with Crippen LogP contribution in [0.4, 0.5) is 0 Å². The van der Waals surface area contributed by atoms with Crippen LogP contribution in [-0.4, -0.2) is 45.6 Å². The molecule has 236 valence electrons. The molecule has 0 aliphatic carbocycles. The van der Waals surface area contributed by atoms with Gasteiger partial charge >= 0.3 is 5.97 Å². The van der Waals surface area contributed by atoms with E-state index in [1.165, 1.54) is 16.5 Å². The summed E-state index contributed by atoms with van der Waals surface area (Å²) in [5.41, 5.74) is 9.90. The smallest absolute Gasteiger partial charge is 0.331 e. The molecule has 0 saturated heterocycles. The van der Waals surface area contributed by atoms with E-state index >= 15 is 0 Å². The molecule has 0 bridgehead atoms. The highest BCUT2D eigenvalue weighted by atomic mass is 16.5. The molecule has 8 nitrogen and oxygen atoms in total. The number of amides is 1. The van der Waals surface area contributed by atoms with Crippen LogP contribution in [0.25, 0.3) is 11.5 Å². The third kappa shape index (κ3) is 9.67. The molecule has 1 atom stereocenters. The van der Waals surface area contributed by atoms with Gasteiger partial charge in [-0.3, -0.25) is 4.79 Å². The van der Waals surface area contributed by atoms with Gasteiger partial charge in [0.1, 0.15) is 11.5 Å². The maximum Gasteiger partial charge on any atom is 0.331 e. The summed E-state index contributed by atoms with van der Waals surface area (Å²) in [4.78, 5) is 31.0. The van der Waals surface area contributed by atoms with Gasteiger partial charge in [0.05, 0.1) is 12.3 Å². The summed E-state index contributed by atoms with van der Waals surface area (Å²) >= 11 is 0. The molecule has 1 aliphatic rings. The Hall–Kier alpha value is -4.17. The van der Waals surface area contributed by atoms with E-state index in [9.17, 15) is 14.7 Å². The van der Waals surface area contributed by atoms with Crippen LogP contribution in [0, 0.1) is 6.92 Å². The Balaban J connectivity index is 0.000000978. The van der Waals surface area contributed by atoms with Gasteiger partial charge in [0, 0.05) is 30.1 Å². The first-order valence-electron chi connectivity index (χ1n) is 15.0. The maximum absolute atomic E-state index is 12.7. The summed E-state index contributed by atoms with van der Waals surface area (Å²) in [6.45, 7) is 16.9. The van der Waals surface area contributed by atoms with Gasteiger partial charge in [0.25, 0.3) is 0 Å². The molecule has 8 heteroatoms. The summed E-state index contributed by atoms with van der Waals surface area (Å²) < 4.78 is 11.9. The van der Waals surface area contributed by atoms with Crippen LogP contribution >= 0.6 is 0 Å². The highest BCUT2D eigenvalue weighted by Gasteiger charge is 2.35. The van der Waals surface area contributed by atoms with Gasteiger partial charge in [-0.05, 0) is 87.4 Å². The van der Waals surface area contributed by atoms with Crippen molar-refractivity contribution in [2.75, 3.05) is 13.2 Å². The van der Waals surface area contributed by atoms with Gasteiger partial charge in [0.15, 0.2) is 6.04 Å². The highest BCUT2D eigenvalue weighted by Crippen LogP contribution is 2.33. The fraction of sp³-hybridized carbons (Fsp3) is 0.417. The number of rotatable bonds is 8. The fourth-order valence-electron chi connectivity index (χ4n) is 4.69. The Bertz CT molecular complexity index is 1480. The van der Waals surface area contributed by atoms with E-state index in [0.29, 0.717) is 43.2 Å². The number of hydrogen-bond donors (Lipinski definition) is 2. The number of aromatic nitrogens is 1. The Morgan fingerprint density at radius 1 is 1.09 bits per heavy atom. The minimum absolute atomic E-state index is 0. The quantitative estimate of drug-likeness (QED) is 0.212. The molecule has 4 rings (SSSR count). The zero-order chi connectivity index (χ0) is 32.7. The first kappa shape index (κ1) is 34.3. The van der Waals surface area contributed by atoms with E-state index in [-0.39, 0.29) is 16.9 Å². The molecule has 0 saturated carbocycles. The SMILES string of the molecule is CC(C)(C)N.CC=CC=CC(=O)N1CCc2ccc(OCCc3nc(-c4ccc(C(C)(C)C)cc4)oc3C)cc2C1C(=O)O. The van der Waals surface area contributed by atoms with Crippen molar-refractivity contribution in [3.8, 4) is 17.2 Å². The average molecular weight is 602 g/mol. The molecular weight excluding hydrogens is 554 g/mol. The number of benzene rings is 2. The molecule has 1 unspecified atom stereocenters. The number of hydrogen-bond acceptors (Lipinski definition) is 6. The van der Waals surface area contributed by atoms with E-state index < -0.39 is 12.0 Å². The number of oxazole rings is 1.